The smallest absolute Gasteiger partial charge is 0.142 e. The fraction of sp³-hybridized carbons (Fsp3) is 0.350. The molecule has 0 unspecified atom stereocenters. The van der Waals surface area contributed by atoms with Crippen LogP contribution in [0, 0.1) is 0 Å². The molecule has 0 atom stereocenters. The van der Waals surface area contributed by atoms with E-state index in [-0.39, 0.29) is 12.4 Å². The third-order valence-corrected chi connectivity index (χ3v) is 4.26. The lowest BCUT2D eigenvalue weighted by atomic mass is 10.2. The molecule has 5 nitrogen and oxygen atoms in total. The number of nitrogens with zero attached hydrogens (tertiary/aromatic N) is 3. The summed E-state index contributed by atoms with van der Waals surface area (Å²) >= 11 is 0. The number of hydrogen-bond donors (Lipinski definition) is 0. The second-order valence-electron chi connectivity index (χ2n) is 5.83. The number of methoxy groups -OCH3 is 1. The summed E-state index contributed by atoms with van der Waals surface area (Å²) in [5.74, 6) is 1.80. The first-order chi connectivity index (χ1) is 12.3. The number of hydrogen-bond acceptors (Lipinski definition) is 5. The van der Waals surface area contributed by atoms with Gasteiger partial charge in [0.15, 0.2) is 0 Å². The van der Waals surface area contributed by atoms with E-state index >= 15 is 0 Å². The van der Waals surface area contributed by atoms with Crippen molar-refractivity contribution < 1.29 is 9.47 Å². The van der Waals surface area contributed by atoms with E-state index < -0.39 is 0 Å². The highest BCUT2D eigenvalue weighted by Gasteiger charge is 2.18. The van der Waals surface area contributed by atoms with Crippen LogP contribution in [0.4, 0.5) is 5.69 Å². The Labute approximate surface area is 161 Å². The molecule has 26 heavy (non-hydrogen) atoms. The average molecular weight is 376 g/mol. The minimum atomic E-state index is 0. The maximum absolute atomic E-state index is 5.65. The SMILES string of the molecule is CCOc1ccccc1/C=N/N1CCN(c2ccccc2OC)CC1.Cl. The molecule has 0 saturated carbocycles. The van der Waals surface area contributed by atoms with Crippen LogP contribution in [0.25, 0.3) is 0 Å². The number of ether oxygens (including phenoxy) is 2. The molecule has 2 aromatic carbocycles. The molecule has 1 saturated heterocycles. The van der Waals surface area contributed by atoms with Crippen LogP contribution in [0.2, 0.25) is 0 Å². The molecule has 6 heteroatoms. The Morgan fingerprint density at radius 1 is 0.962 bits per heavy atom. The van der Waals surface area contributed by atoms with Gasteiger partial charge in [0.2, 0.25) is 0 Å². The Morgan fingerprint density at radius 3 is 2.31 bits per heavy atom. The molecule has 3 rings (SSSR count). The van der Waals surface area contributed by atoms with Gasteiger partial charge in [0.05, 0.1) is 38.7 Å². The molecule has 0 amide bonds. The zero-order valence-corrected chi connectivity index (χ0v) is 16.1. The van der Waals surface area contributed by atoms with Crippen molar-refractivity contribution in [3.8, 4) is 11.5 Å². The Hall–Kier alpha value is -2.40. The van der Waals surface area contributed by atoms with Crippen molar-refractivity contribution in [2.75, 3.05) is 44.8 Å². The summed E-state index contributed by atoms with van der Waals surface area (Å²) in [4.78, 5) is 2.35. The van der Waals surface area contributed by atoms with E-state index in [9.17, 15) is 0 Å². The Kier molecular flexibility index (Phi) is 7.60. The topological polar surface area (TPSA) is 37.3 Å². The van der Waals surface area contributed by atoms with E-state index in [1.807, 2.05) is 55.6 Å². The highest BCUT2D eigenvalue weighted by molar-refractivity contribution is 5.85. The highest BCUT2D eigenvalue weighted by Crippen LogP contribution is 2.28. The summed E-state index contributed by atoms with van der Waals surface area (Å²) in [7, 11) is 1.72. The number of halogens is 1. The zero-order chi connectivity index (χ0) is 17.5. The van der Waals surface area contributed by atoms with Crippen LogP contribution in [-0.4, -0.2) is 51.1 Å². The van der Waals surface area contributed by atoms with Gasteiger partial charge in [-0.1, -0.05) is 24.3 Å². The zero-order valence-electron chi connectivity index (χ0n) is 15.3. The van der Waals surface area contributed by atoms with Crippen LogP contribution in [0.1, 0.15) is 12.5 Å². The molecule has 140 valence electrons. The number of rotatable bonds is 6. The molecule has 0 spiro atoms. The highest BCUT2D eigenvalue weighted by atomic mass is 35.5. The lowest BCUT2D eigenvalue weighted by Crippen LogP contribution is -2.44. The fourth-order valence-electron chi connectivity index (χ4n) is 2.96. The summed E-state index contributed by atoms with van der Waals surface area (Å²) in [5.41, 5.74) is 2.16. The second-order valence-corrected chi connectivity index (χ2v) is 5.83. The molecule has 0 bridgehead atoms. The number of piperazine rings is 1. The normalized spacial score (nSPS) is 14.2. The predicted molar refractivity (Wildman–Crippen MR) is 109 cm³/mol. The molecule has 1 heterocycles. The van der Waals surface area contributed by atoms with Gasteiger partial charge in [0, 0.05) is 18.7 Å². The molecule has 0 N–H and O–H groups in total. The molecule has 1 aliphatic rings. The van der Waals surface area contributed by atoms with Gasteiger partial charge < -0.3 is 14.4 Å². The van der Waals surface area contributed by atoms with Gasteiger partial charge in [-0.25, -0.2) is 0 Å². The minimum Gasteiger partial charge on any atom is -0.495 e. The van der Waals surface area contributed by atoms with Gasteiger partial charge in [-0.15, -0.1) is 12.4 Å². The summed E-state index contributed by atoms with van der Waals surface area (Å²) in [6.07, 6.45) is 1.89. The number of anilines is 1. The number of para-hydroxylation sites is 3. The summed E-state index contributed by atoms with van der Waals surface area (Å²) in [5, 5.41) is 6.74. The molecule has 0 radical (unpaired) electrons. The Morgan fingerprint density at radius 2 is 1.62 bits per heavy atom. The molecule has 1 fully saturated rings. The molecule has 1 aliphatic heterocycles. The average Bonchev–Trinajstić information content (AvgIpc) is 2.68. The molecular weight excluding hydrogens is 350 g/mol. The maximum atomic E-state index is 5.65. The summed E-state index contributed by atoms with van der Waals surface area (Å²) in [6.45, 7) is 6.25. The molecule has 2 aromatic rings. The van der Waals surface area contributed by atoms with Gasteiger partial charge in [0.1, 0.15) is 11.5 Å². The fourth-order valence-corrected chi connectivity index (χ4v) is 2.96. The first-order valence-corrected chi connectivity index (χ1v) is 8.70. The monoisotopic (exact) mass is 375 g/mol. The van der Waals surface area contributed by atoms with Crippen molar-refractivity contribution in [2.24, 2.45) is 5.10 Å². The van der Waals surface area contributed by atoms with E-state index in [0.29, 0.717) is 6.61 Å². The molecule has 0 aromatic heterocycles. The summed E-state index contributed by atoms with van der Waals surface area (Å²) < 4.78 is 11.1. The van der Waals surface area contributed by atoms with Crippen molar-refractivity contribution in [1.29, 1.82) is 0 Å². The molecular formula is C20H26ClN3O2. The number of hydrazone groups is 1. The van der Waals surface area contributed by atoms with Gasteiger partial charge in [-0.3, -0.25) is 5.01 Å². The van der Waals surface area contributed by atoms with Crippen molar-refractivity contribution in [2.45, 2.75) is 6.92 Å². The van der Waals surface area contributed by atoms with Crippen molar-refractivity contribution in [3.63, 3.8) is 0 Å². The van der Waals surface area contributed by atoms with Crippen LogP contribution in [0.5, 0.6) is 11.5 Å². The second kappa shape index (κ2) is 9.92. The first kappa shape index (κ1) is 19.9. The summed E-state index contributed by atoms with van der Waals surface area (Å²) in [6, 6.07) is 16.1. The predicted octanol–water partition coefficient (Wildman–Crippen LogP) is 3.67. The van der Waals surface area contributed by atoms with Gasteiger partial charge in [-0.2, -0.15) is 5.10 Å². The Bertz CT molecular complexity index is 716. The first-order valence-electron chi connectivity index (χ1n) is 8.70. The Balaban J connectivity index is 0.00000243. The quantitative estimate of drug-likeness (QED) is 0.722. The van der Waals surface area contributed by atoms with E-state index in [4.69, 9.17) is 9.47 Å². The van der Waals surface area contributed by atoms with Crippen molar-refractivity contribution in [1.82, 2.24) is 5.01 Å². The third kappa shape index (κ3) is 4.82. The van der Waals surface area contributed by atoms with Gasteiger partial charge >= 0.3 is 0 Å². The van der Waals surface area contributed by atoms with Crippen LogP contribution >= 0.6 is 12.4 Å². The lowest BCUT2D eigenvalue weighted by Gasteiger charge is -2.35. The van der Waals surface area contributed by atoms with E-state index in [1.54, 1.807) is 7.11 Å². The largest absolute Gasteiger partial charge is 0.495 e. The molecule has 0 aliphatic carbocycles. The van der Waals surface area contributed by atoms with Crippen molar-refractivity contribution >= 4 is 24.3 Å². The van der Waals surface area contributed by atoms with Crippen LogP contribution in [0.15, 0.2) is 53.6 Å². The van der Waals surface area contributed by atoms with Crippen LogP contribution < -0.4 is 14.4 Å². The van der Waals surface area contributed by atoms with E-state index in [2.05, 4.69) is 21.1 Å². The third-order valence-electron chi connectivity index (χ3n) is 4.26. The van der Waals surface area contributed by atoms with Crippen LogP contribution in [0.3, 0.4) is 0 Å². The number of benzene rings is 2. The lowest BCUT2D eigenvalue weighted by molar-refractivity contribution is 0.271. The van der Waals surface area contributed by atoms with Crippen LogP contribution in [-0.2, 0) is 0 Å². The van der Waals surface area contributed by atoms with E-state index in [0.717, 1.165) is 48.9 Å². The standard InChI is InChI=1S/C20H25N3O2.ClH/c1-3-25-19-10-6-4-8-17(19)16-21-23-14-12-22(13-15-23)18-9-5-7-11-20(18)24-2;/h4-11,16H,3,12-15H2,1-2H3;1H/b21-16+;. The van der Waals surface area contributed by atoms with Gasteiger partial charge in [0.25, 0.3) is 0 Å². The van der Waals surface area contributed by atoms with Crippen molar-refractivity contribution in [3.05, 3.63) is 54.1 Å². The van der Waals surface area contributed by atoms with Gasteiger partial charge in [-0.05, 0) is 31.2 Å². The maximum Gasteiger partial charge on any atom is 0.142 e. The minimum absolute atomic E-state index is 0. The van der Waals surface area contributed by atoms with E-state index in [1.165, 1.54) is 0 Å².